The molecule has 15 heavy (non-hydrogen) atoms. The summed E-state index contributed by atoms with van der Waals surface area (Å²) < 4.78 is 4.69. The minimum Gasteiger partial charge on any atom is -0.447 e. The summed E-state index contributed by atoms with van der Waals surface area (Å²) in [5.74, 6) is 0. The van der Waals surface area contributed by atoms with Gasteiger partial charge in [-0.25, -0.2) is 4.79 Å². The van der Waals surface area contributed by atoms with Crippen LogP contribution in [0.3, 0.4) is 0 Å². The van der Waals surface area contributed by atoms with Crippen molar-refractivity contribution in [2.24, 2.45) is 0 Å². The number of nitrogens with one attached hydrogen (secondary N) is 1. The lowest BCUT2D eigenvalue weighted by molar-refractivity contribution is 0.131. The lowest BCUT2D eigenvalue weighted by atomic mass is 10.1. The van der Waals surface area contributed by atoms with Crippen LogP contribution in [-0.4, -0.2) is 24.4 Å². The molecule has 2 N–H and O–H groups in total. The third kappa shape index (κ3) is 3.59. The van der Waals surface area contributed by atoms with Crippen LogP contribution in [0.2, 0.25) is 0 Å². The van der Waals surface area contributed by atoms with Crippen LogP contribution in [0.1, 0.15) is 12.5 Å². The molecule has 0 fully saturated rings. The van der Waals surface area contributed by atoms with Crippen molar-refractivity contribution in [1.29, 1.82) is 0 Å². The van der Waals surface area contributed by atoms with Gasteiger partial charge in [0.2, 0.25) is 0 Å². The van der Waals surface area contributed by atoms with Crippen LogP contribution in [0, 0.1) is 0 Å². The maximum atomic E-state index is 11.2. The summed E-state index contributed by atoms with van der Waals surface area (Å²) >= 11 is 0. The fourth-order valence-electron chi connectivity index (χ4n) is 1.23. The second-order valence-electron chi connectivity index (χ2n) is 3.00. The molecule has 0 aliphatic rings. The van der Waals surface area contributed by atoms with Gasteiger partial charge in [0.15, 0.2) is 0 Å². The van der Waals surface area contributed by atoms with Crippen LogP contribution in [0.25, 0.3) is 0 Å². The summed E-state index contributed by atoms with van der Waals surface area (Å²) in [7, 11) is 0. The Morgan fingerprint density at radius 3 is 2.87 bits per heavy atom. The number of benzene rings is 1. The molecule has 0 aliphatic heterocycles. The van der Waals surface area contributed by atoms with Gasteiger partial charge in [0, 0.05) is 5.69 Å². The molecule has 0 heterocycles. The number of hydrogen-bond acceptors (Lipinski definition) is 3. The van der Waals surface area contributed by atoms with Crippen molar-refractivity contribution in [2.45, 2.75) is 13.3 Å². The number of hydrogen-bond donors (Lipinski definition) is 2. The van der Waals surface area contributed by atoms with Crippen LogP contribution in [0.15, 0.2) is 24.3 Å². The van der Waals surface area contributed by atoms with Crippen molar-refractivity contribution in [3.8, 4) is 0 Å². The first kappa shape index (κ1) is 11.5. The Labute approximate surface area is 88.9 Å². The Bertz CT molecular complexity index is 325. The first-order chi connectivity index (χ1) is 7.27. The fraction of sp³-hybridized carbons (Fsp3) is 0.364. The molecule has 0 radical (unpaired) electrons. The van der Waals surface area contributed by atoms with E-state index in [4.69, 9.17) is 9.84 Å². The first-order valence-electron chi connectivity index (χ1n) is 4.90. The number of amides is 1. The van der Waals surface area contributed by atoms with Crippen LogP contribution in [0.4, 0.5) is 10.5 Å². The number of aliphatic hydroxyl groups excluding tert-OH is 1. The van der Waals surface area contributed by atoms with Gasteiger partial charge in [0.1, 0.15) is 6.61 Å². The lowest BCUT2D eigenvalue weighted by Gasteiger charge is -2.09. The van der Waals surface area contributed by atoms with Gasteiger partial charge in [-0.15, -0.1) is 0 Å². The summed E-state index contributed by atoms with van der Waals surface area (Å²) in [5, 5.41) is 11.1. The van der Waals surface area contributed by atoms with E-state index in [1.807, 2.05) is 31.2 Å². The molecule has 1 rings (SSSR count). The van der Waals surface area contributed by atoms with Crippen LogP contribution >= 0.6 is 0 Å². The molecule has 1 amide bonds. The van der Waals surface area contributed by atoms with Crippen LogP contribution in [-0.2, 0) is 11.2 Å². The molecular weight excluding hydrogens is 194 g/mol. The normalized spacial score (nSPS) is 9.73. The quantitative estimate of drug-likeness (QED) is 0.794. The Morgan fingerprint density at radius 1 is 1.47 bits per heavy atom. The van der Waals surface area contributed by atoms with Gasteiger partial charge >= 0.3 is 6.09 Å². The van der Waals surface area contributed by atoms with Gasteiger partial charge in [0.05, 0.1) is 6.61 Å². The fourth-order valence-corrected chi connectivity index (χ4v) is 1.23. The van der Waals surface area contributed by atoms with E-state index in [2.05, 4.69) is 5.32 Å². The summed E-state index contributed by atoms with van der Waals surface area (Å²) in [6.07, 6.45) is 0.307. The minimum absolute atomic E-state index is 0.0140. The molecule has 0 bridgehead atoms. The zero-order chi connectivity index (χ0) is 11.1. The summed E-state index contributed by atoms with van der Waals surface area (Å²) in [6.45, 7) is 1.86. The Kier molecular flexibility index (Phi) is 4.63. The third-order valence-electron chi connectivity index (χ3n) is 1.96. The number of aryl methyl sites for hydroxylation is 1. The zero-order valence-corrected chi connectivity index (χ0v) is 8.69. The zero-order valence-electron chi connectivity index (χ0n) is 8.69. The second-order valence-corrected chi connectivity index (χ2v) is 3.00. The molecule has 0 aliphatic carbocycles. The predicted octanol–water partition coefficient (Wildman–Crippen LogP) is 1.79. The smallest absolute Gasteiger partial charge is 0.411 e. The second kappa shape index (κ2) is 6.03. The highest BCUT2D eigenvalue weighted by atomic mass is 16.6. The predicted molar refractivity (Wildman–Crippen MR) is 57.9 cm³/mol. The van der Waals surface area contributed by atoms with E-state index in [1.165, 1.54) is 0 Å². The number of anilines is 1. The SMILES string of the molecule is CCc1ccccc1NC(=O)OCCO. The van der Waals surface area contributed by atoms with Crippen LogP contribution < -0.4 is 5.32 Å². The summed E-state index contributed by atoms with van der Waals surface area (Å²) in [4.78, 5) is 11.2. The van der Waals surface area contributed by atoms with Crippen LogP contribution in [0.5, 0.6) is 0 Å². The monoisotopic (exact) mass is 209 g/mol. The molecule has 0 saturated heterocycles. The molecule has 0 unspecified atom stereocenters. The molecule has 0 saturated carbocycles. The number of para-hydroxylation sites is 1. The van der Waals surface area contributed by atoms with E-state index in [0.717, 1.165) is 17.7 Å². The first-order valence-corrected chi connectivity index (χ1v) is 4.90. The van der Waals surface area contributed by atoms with E-state index in [-0.39, 0.29) is 13.2 Å². The number of carbonyl (C=O) groups is 1. The molecule has 4 heteroatoms. The van der Waals surface area contributed by atoms with Crippen molar-refractivity contribution in [1.82, 2.24) is 0 Å². The van der Waals surface area contributed by atoms with Crippen molar-refractivity contribution in [2.75, 3.05) is 18.5 Å². The van der Waals surface area contributed by atoms with E-state index < -0.39 is 6.09 Å². The van der Waals surface area contributed by atoms with E-state index in [1.54, 1.807) is 0 Å². The van der Waals surface area contributed by atoms with Gasteiger partial charge in [-0.2, -0.15) is 0 Å². The maximum absolute atomic E-state index is 11.2. The molecule has 4 nitrogen and oxygen atoms in total. The van der Waals surface area contributed by atoms with Crippen molar-refractivity contribution in [3.63, 3.8) is 0 Å². The third-order valence-corrected chi connectivity index (χ3v) is 1.96. The van der Waals surface area contributed by atoms with Gasteiger partial charge in [-0.3, -0.25) is 5.32 Å². The van der Waals surface area contributed by atoms with Crippen molar-refractivity contribution in [3.05, 3.63) is 29.8 Å². The molecule has 0 aromatic heterocycles. The highest BCUT2D eigenvalue weighted by Gasteiger charge is 2.05. The number of rotatable bonds is 4. The highest BCUT2D eigenvalue weighted by Crippen LogP contribution is 2.15. The molecule has 82 valence electrons. The summed E-state index contributed by atoms with van der Waals surface area (Å²) in [5.41, 5.74) is 1.81. The minimum atomic E-state index is -0.537. The highest BCUT2D eigenvalue weighted by molar-refractivity contribution is 5.85. The number of aliphatic hydroxyl groups is 1. The van der Waals surface area contributed by atoms with Gasteiger partial charge in [0.25, 0.3) is 0 Å². The molecule has 0 spiro atoms. The van der Waals surface area contributed by atoms with E-state index >= 15 is 0 Å². The standard InChI is InChI=1S/C11H15NO3/c1-2-9-5-3-4-6-10(9)12-11(14)15-8-7-13/h3-6,13H,2,7-8H2,1H3,(H,12,14). The maximum Gasteiger partial charge on any atom is 0.411 e. The van der Waals surface area contributed by atoms with Gasteiger partial charge in [-0.05, 0) is 18.1 Å². The van der Waals surface area contributed by atoms with Gasteiger partial charge in [-0.1, -0.05) is 25.1 Å². The average molecular weight is 209 g/mol. The Balaban J connectivity index is 2.59. The molecular formula is C11H15NO3. The van der Waals surface area contributed by atoms with E-state index in [9.17, 15) is 4.79 Å². The summed E-state index contributed by atoms with van der Waals surface area (Å²) in [6, 6.07) is 7.53. The van der Waals surface area contributed by atoms with E-state index in [0.29, 0.717) is 0 Å². The lowest BCUT2D eigenvalue weighted by Crippen LogP contribution is -2.16. The number of carbonyl (C=O) groups excluding carboxylic acids is 1. The van der Waals surface area contributed by atoms with Gasteiger partial charge < -0.3 is 9.84 Å². The van der Waals surface area contributed by atoms with Crippen molar-refractivity contribution >= 4 is 11.8 Å². The molecule has 1 aromatic carbocycles. The number of ether oxygens (including phenoxy) is 1. The largest absolute Gasteiger partial charge is 0.447 e. The average Bonchev–Trinajstić information content (AvgIpc) is 2.27. The molecule has 1 aromatic rings. The Morgan fingerprint density at radius 2 is 2.20 bits per heavy atom. The molecule has 0 atom stereocenters. The van der Waals surface area contributed by atoms with Crippen molar-refractivity contribution < 1.29 is 14.6 Å². The Hall–Kier alpha value is -1.55. The topological polar surface area (TPSA) is 58.6 Å².